The summed E-state index contributed by atoms with van der Waals surface area (Å²) < 4.78 is 5.25. The number of nitrogens with one attached hydrogen (secondary N) is 1. The van der Waals surface area contributed by atoms with Crippen LogP contribution in [0.25, 0.3) is 5.70 Å². The summed E-state index contributed by atoms with van der Waals surface area (Å²) in [6.45, 7) is 2.09. The van der Waals surface area contributed by atoms with Crippen molar-refractivity contribution in [2.45, 2.75) is 13.0 Å². The van der Waals surface area contributed by atoms with Crippen molar-refractivity contribution < 1.29 is 26.6 Å². The van der Waals surface area contributed by atoms with Gasteiger partial charge < -0.3 is 15.8 Å². The van der Waals surface area contributed by atoms with Crippen LogP contribution in [-0.4, -0.2) is 24.6 Å². The average Bonchev–Trinajstić information content (AvgIpc) is 3.44. The number of esters is 1. The molecule has 2 aliphatic carbocycles. The maximum Gasteiger partial charge on any atom is 2.00 e. The number of rotatable bonds is 4. The molecule has 0 spiro atoms. The minimum atomic E-state index is -0.472. The van der Waals surface area contributed by atoms with Gasteiger partial charge in [-0.3, -0.25) is 0 Å². The van der Waals surface area contributed by atoms with Gasteiger partial charge in [0.05, 0.1) is 23.9 Å². The molecule has 1 aliphatic heterocycles. The van der Waals surface area contributed by atoms with Crippen molar-refractivity contribution in [3.63, 3.8) is 0 Å². The van der Waals surface area contributed by atoms with E-state index in [1.807, 2.05) is 88.1 Å². The number of nitrogens with zero attached hydrogens (tertiary/aromatic N) is 1. The molecule has 6 heteroatoms. The minimum Gasteiger partial charge on any atom is -0.463 e. The minimum absolute atomic E-state index is 0. The Morgan fingerprint density at radius 3 is 2.17 bits per heavy atom. The molecule has 0 bridgehead atoms. The van der Waals surface area contributed by atoms with Gasteiger partial charge in [0.15, 0.2) is 5.96 Å². The van der Waals surface area contributed by atoms with Gasteiger partial charge in [-0.1, -0.05) is 30.3 Å². The number of nitrogens with two attached hydrogens (primary N) is 1. The van der Waals surface area contributed by atoms with Crippen LogP contribution in [0, 0.1) is 63.7 Å². The van der Waals surface area contributed by atoms with Gasteiger partial charge in [0.25, 0.3) is 0 Å². The monoisotopic (exact) mass is 429 g/mol. The Hall–Kier alpha value is -1.78. The molecule has 1 aromatic carbocycles. The van der Waals surface area contributed by atoms with Crippen LogP contribution in [0.15, 0.2) is 40.9 Å². The van der Waals surface area contributed by atoms with Crippen LogP contribution in [0.3, 0.4) is 0 Å². The zero-order valence-corrected chi connectivity index (χ0v) is 17.2. The van der Waals surface area contributed by atoms with Crippen molar-refractivity contribution >= 4 is 17.6 Å². The van der Waals surface area contributed by atoms with Crippen molar-refractivity contribution in [1.29, 1.82) is 0 Å². The van der Waals surface area contributed by atoms with Crippen LogP contribution in [0.1, 0.15) is 12.5 Å². The first kappa shape index (κ1) is 23.5. The Kier molecular flexibility index (Phi) is 9.75. The van der Waals surface area contributed by atoms with Gasteiger partial charge in [-0.25, -0.2) is 9.79 Å². The quantitative estimate of drug-likeness (QED) is 0.570. The Labute approximate surface area is 185 Å². The Bertz CT molecular complexity index is 700. The summed E-state index contributed by atoms with van der Waals surface area (Å²) in [6.07, 6.45) is 17.7. The molecule has 0 amide bonds. The van der Waals surface area contributed by atoms with Gasteiger partial charge in [0, 0.05) is 5.92 Å². The van der Waals surface area contributed by atoms with Crippen LogP contribution >= 0.6 is 0 Å². The molecular formula is C23H23FeN3O2+2. The summed E-state index contributed by atoms with van der Waals surface area (Å²) in [5.74, 6) is 0.801. The summed E-state index contributed by atoms with van der Waals surface area (Å²) in [5.41, 5.74) is 7.93. The van der Waals surface area contributed by atoms with Crippen LogP contribution in [0.2, 0.25) is 0 Å². The number of hydrogen-bond donors (Lipinski definition) is 2. The average molecular weight is 429 g/mol. The third-order valence-corrected chi connectivity index (χ3v) is 4.18. The number of hydrogen-bond acceptors (Lipinski definition) is 5. The zero-order chi connectivity index (χ0) is 19.8. The fraction of sp³-hybridized carbons (Fsp3) is 0.130. The van der Waals surface area contributed by atoms with E-state index in [1.165, 1.54) is 0 Å². The van der Waals surface area contributed by atoms with Crippen LogP contribution in [-0.2, 0) is 26.6 Å². The van der Waals surface area contributed by atoms with E-state index in [2.05, 4.69) is 10.3 Å². The molecule has 10 radical (unpaired) electrons. The van der Waals surface area contributed by atoms with Crippen molar-refractivity contribution in [3.05, 3.63) is 105 Å². The number of aliphatic imine (C=N–C) groups is 1. The van der Waals surface area contributed by atoms with E-state index < -0.39 is 6.04 Å². The third kappa shape index (κ3) is 6.35. The van der Waals surface area contributed by atoms with E-state index in [9.17, 15) is 4.79 Å². The SMILES string of the molecule is CCOC(=O)C1=C(c2ccccc2)NC(N)=NC1[C]1[CH][CH][CH][CH]1.[CH]1[CH][CH][CH][CH]1.[Fe+2]. The molecule has 0 aromatic heterocycles. The number of guanidine groups is 1. The third-order valence-electron chi connectivity index (χ3n) is 4.18. The van der Waals surface area contributed by atoms with Gasteiger partial charge in [-0.05, 0) is 70.3 Å². The molecule has 3 N–H and O–H groups in total. The van der Waals surface area contributed by atoms with Gasteiger partial charge in [0.2, 0.25) is 0 Å². The van der Waals surface area contributed by atoms with Gasteiger partial charge in [-0.2, -0.15) is 0 Å². The fourth-order valence-electron chi connectivity index (χ4n) is 2.96. The first-order valence-electron chi connectivity index (χ1n) is 9.16. The van der Waals surface area contributed by atoms with Crippen molar-refractivity contribution in [3.8, 4) is 0 Å². The first-order chi connectivity index (χ1) is 13.7. The number of carbonyl (C=O) groups is 1. The van der Waals surface area contributed by atoms with E-state index in [0.717, 1.165) is 11.5 Å². The Morgan fingerprint density at radius 1 is 1.03 bits per heavy atom. The van der Waals surface area contributed by atoms with Crippen molar-refractivity contribution in [1.82, 2.24) is 5.32 Å². The molecule has 1 aromatic rings. The molecule has 2 saturated carbocycles. The first-order valence-corrected chi connectivity index (χ1v) is 9.16. The van der Waals surface area contributed by atoms with Gasteiger partial charge in [0.1, 0.15) is 0 Å². The number of ether oxygens (including phenoxy) is 1. The maximum atomic E-state index is 12.6. The second kappa shape index (κ2) is 12.0. The summed E-state index contributed by atoms with van der Waals surface area (Å²) in [5, 5.41) is 3.02. The second-order valence-electron chi connectivity index (χ2n) is 6.10. The standard InChI is InChI=1S/C18H18N3O2.C5H5.Fe/c1-2-23-17(22)14-15(12-8-4-3-5-9-12)20-18(19)21-16(14)13-10-6-7-11-13;1-2-4-5-3-1;/h3-11,16H,2H2,1H3,(H3,19,20,21);1-5H;/q;;+2. The molecular weight excluding hydrogens is 406 g/mol. The van der Waals surface area contributed by atoms with E-state index >= 15 is 0 Å². The molecule has 3 aliphatic rings. The van der Waals surface area contributed by atoms with Crippen LogP contribution in [0.5, 0.6) is 0 Å². The molecule has 148 valence electrons. The Balaban J connectivity index is 0.000000437. The maximum absolute atomic E-state index is 12.6. The van der Waals surface area contributed by atoms with Gasteiger partial charge in [-0.15, -0.1) is 0 Å². The smallest absolute Gasteiger partial charge is 0.463 e. The molecule has 5 nitrogen and oxygen atoms in total. The van der Waals surface area contributed by atoms with Crippen LogP contribution in [0.4, 0.5) is 0 Å². The molecule has 0 saturated heterocycles. The Morgan fingerprint density at radius 2 is 1.62 bits per heavy atom. The zero-order valence-electron chi connectivity index (χ0n) is 16.1. The predicted molar refractivity (Wildman–Crippen MR) is 110 cm³/mol. The molecule has 1 unspecified atom stereocenters. The topological polar surface area (TPSA) is 76.7 Å². The predicted octanol–water partition coefficient (Wildman–Crippen LogP) is 2.67. The van der Waals surface area contributed by atoms with E-state index in [0.29, 0.717) is 17.9 Å². The van der Waals surface area contributed by atoms with Crippen LogP contribution < -0.4 is 11.1 Å². The summed E-state index contributed by atoms with van der Waals surface area (Å²) in [4.78, 5) is 17.0. The van der Waals surface area contributed by atoms with Crippen molar-refractivity contribution in [2.24, 2.45) is 10.7 Å². The summed E-state index contributed by atoms with van der Waals surface area (Å²) >= 11 is 0. The summed E-state index contributed by atoms with van der Waals surface area (Å²) in [7, 11) is 0. The summed E-state index contributed by atoms with van der Waals surface area (Å²) in [6, 6.07) is 9.10. The molecule has 29 heavy (non-hydrogen) atoms. The number of carbonyl (C=O) groups excluding carboxylic acids is 1. The largest absolute Gasteiger partial charge is 2.00 e. The second-order valence-corrected chi connectivity index (χ2v) is 6.10. The van der Waals surface area contributed by atoms with E-state index in [1.54, 1.807) is 6.92 Å². The molecule has 2 fully saturated rings. The van der Waals surface area contributed by atoms with E-state index in [4.69, 9.17) is 10.5 Å². The molecule has 4 rings (SSSR count). The molecule has 1 heterocycles. The van der Waals surface area contributed by atoms with Crippen molar-refractivity contribution in [2.75, 3.05) is 6.61 Å². The molecule has 1 atom stereocenters. The number of benzene rings is 1. The fourth-order valence-corrected chi connectivity index (χ4v) is 2.96. The normalized spacial score (nSPS) is 21.4. The van der Waals surface area contributed by atoms with Gasteiger partial charge >= 0.3 is 23.0 Å². The van der Waals surface area contributed by atoms with E-state index in [-0.39, 0.29) is 29.0 Å².